The van der Waals surface area contributed by atoms with Crippen LogP contribution in [0.3, 0.4) is 0 Å². The molecule has 0 aliphatic heterocycles. The summed E-state index contributed by atoms with van der Waals surface area (Å²) < 4.78 is 42.9. The number of amides is 1. The molecule has 1 aromatic carbocycles. The largest absolute Gasteiger partial charge is 0.436 e. The average molecular weight is 545 g/mol. The van der Waals surface area contributed by atoms with Gasteiger partial charge in [0, 0.05) is 17.4 Å². The fourth-order valence-electron chi connectivity index (χ4n) is 3.76. The van der Waals surface area contributed by atoms with Crippen LogP contribution in [0.2, 0.25) is 5.02 Å². The van der Waals surface area contributed by atoms with Gasteiger partial charge in [-0.2, -0.15) is 23.4 Å². The summed E-state index contributed by atoms with van der Waals surface area (Å²) >= 11 is 9.00. The van der Waals surface area contributed by atoms with Crippen molar-refractivity contribution < 1.29 is 18.0 Å². The van der Waals surface area contributed by atoms with Crippen molar-refractivity contribution in [2.45, 2.75) is 58.3 Å². The molecule has 176 valence electrons. The van der Waals surface area contributed by atoms with Gasteiger partial charge in [0.25, 0.3) is 0 Å². The zero-order valence-corrected chi connectivity index (χ0v) is 20.4. The molecule has 1 aliphatic carbocycles. The first kappa shape index (κ1) is 23.8. The quantitative estimate of drug-likeness (QED) is 0.392. The molecule has 0 unspecified atom stereocenters. The second-order valence-electron chi connectivity index (χ2n) is 8.17. The lowest BCUT2D eigenvalue weighted by Crippen LogP contribution is -2.17. The van der Waals surface area contributed by atoms with Crippen LogP contribution in [0.4, 0.5) is 18.9 Å². The lowest BCUT2D eigenvalue weighted by molar-refractivity contribution is -0.142. The average Bonchev–Trinajstić information content (AvgIpc) is 3.47. The molecule has 3 aromatic rings. The standard InChI is InChI=1S/C22H22BrClF3N5O/c1-12-19(13(2)32(29-12)11-14-3-7-16(24)8-4-14)28-17(33)9-10-31-20(15-5-6-15)18(23)21(30-31)22(25,26)27/h3-4,7-8,15H,5-6,9-11H2,1-2H3,(H,28,33). The van der Waals surface area contributed by atoms with Crippen LogP contribution in [0.5, 0.6) is 0 Å². The molecule has 1 saturated carbocycles. The molecule has 1 fully saturated rings. The molecule has 4 rings (SSSR count). The summed E-state index contributed by atoms with van der Waals surface area (Å²) in [6, 6.07) is 7.43. The Labute approximate surface area is 202 Å². The zero-order valence-electron chi connectivity index (χ0n) is 18.0. The van der Waals surface area contributed by atoms with E-state index in [4.69, 9.17) is 11.6 Å². The highest BCUT2D eigenvalue weighted by Crippen LogP contribution is 2.47. The van der Waals surface area contributed by atoms with E-state index >= 15 is 0 Å². The number of hydrogen-bond donors (Lipinski definition) is 1. The third-order valence-electron chi connectivity index (χ3n) is 5.61. The minimum absolute atomic E-state index is 0.00756. The first-order valence-electron chi connectivity index (χ1n) is 10.5. The molecular weight excluding hydrogens is 523 g/mol. The molecule has 0 atom stereocenters. The Balaban J connectivity index is 1.45. The van der Waals surface area contributed by atoms with Crippen LogP contribution in [-0.2, 0) is 24.1 Å². The maximum absolute atomic E-state index is 13.3. The van der Waals surface area contributed by atoms with Gasteiger partial charge >= 0.3 is 6.18 Å². The van der Waals surface area contributed by atoms with Crippen LogP contribution in [0.15, 0.2) is 28.7 Å². The Hall–Kier alpha value is -2.33. The van der Waals surface area contributed by atoms with Crippen LogP contribution in [0, 0.1) is 13.8 Å². The summed E-state index contributed by atoms with van der Waals surface area (Å²) in [7, 11) is 0. The van der Waals surface area contributed by atoms with E-state index < -0.39 is 11.9 Å². The van der Waals surface area contributed by atoms with Gasteiger partial charge in [0.15, 0.2) is 5.69 Å². The van der Waals surface area contributed by atoms with E-state index in [1.807, 2.05) is 19.1 Å². The Morgan fingerprint density at radius 3 is 2.45 bits per heavy atom. The molecule has 0 spiro atoms. The van der Waals surface area contributed by atoms with E-state index in [1.54, 1.807) is 23.7 Å². The molecule has 0 radical (unpaired) electrons. The number of alkyl halides is 3. The number of hydrogen-bond acceptors (Lipinski definition) is 3. The first-order valence-corrected chi connectivity index (χ1v) is 11.6. The summed E-state index contributed by atoms with van der Waals surface area (Å²) in [5.74, 6) is -0.268. The number of benzene rings is 1. The molecule has 11 heteroatoms. The molecule has 2 aromatic heterocycles. The Morgan fingerprint density at radius 1 is 1.18 bits per heavy atom. The van der Waals surface area contributed by atoms with Gasteiger partial charge in [0.2, 0.25) is 5.91 Å². The van der Waals surface area contributed by atoms with Crippen molar-refractivity contribution in [1.82, 2.24) is 19.6 Å². The minimum Gasteiger partial charge on any atom is -0.323 e. The van der Waals surface area contributed by atoms with Gasteiger partial charge in [-0.1, -0.05) is 23.7 Å². The first-order chi connectivity index (χ1) is 15.5. The fourth-order valence-corrected chi connectivity index (χ4v) is 4.71. The van der Waals surface area contributed by atoms with Crippen LogP contribution in [0.1, 0.15) is 53.5 Å². The SMILES string of the molecule is Cc1nn(Cc2ccc(Cl)cc2)c(C)c1NC(=O)CCn1nc(C(F)(F)F)c(Br)c1C1CC1. The van der Waals surface area contributed by atoms with Crippen LogP contribution in [-0.4, -0.2) is 25.5 Å². The number of carbonyl (C=O) groups is 1. The van der Waals surface area contributed by atoms with Crippen molar-refractivity contribution in [3.63, 3.8) is 0 Å². The normalized spacial score (nSPS) is 14.0. The number of anilines is 1. The van der Waals surface area contributed by atoms with Crippen molar-refractivity contribution >= 4 is 39.1 Å². The van der Waals surface area contributed by atoms with Crippen LogP contribution < -0.4 is 5.32 Å². The Bertz CT molecular complexity index is 1180. The topological polar surface area (TPSA) is 64.7 Å². The summed E-state index contributed by atoms with van der Waals surface area (Å²) in [6.45, 7) is 4.23. The highest BCUT2D eigenvalue weighted by Gasteiger charge is 2.41. The van der Waals surface area contributed by atoms with Gasteiger partial charge in [-0.05, 0) is 60.3 Å². The van der Waals surface area contributed by atoms with Crippen molar-refractivity contribution in [2.75, 3.05) is 5.32 Å². The van der Waals surface area contributed by atoms with Gasteiger partial charge in [-0.25, -0.2) is 0 Å². The van der Waals surface area contributed by atoms with Crippen LogP contribution in [0.25, 0.3) is 0 Å². The summed E-state index contributed by atoms with van der Waals surface area (Å²) in [5, 5.41) is 11.8. The van der Waals surface area contributed by atoms with E-state index in [2.05, 4.69) is 31.4 Å². The third kappa shape index (κ3) is 5.27. The number of nitrogens with one attached hydrogen (secondary N) is 1. The number of halogens is 5. The van der Waals surface area contributed by atoms with E-state index in [9.17, 15) is 18.0 Å². The minimum atomic E-state index is -4.55. The number of carbonyl (C=O) groups excluding carboxylic acids is 1. The zero-order chi connectivity index (χ0) is 23.9. The van der Waals surface area contributed by atoms with Gasteiger partial charge in [0.05, 0.1) is 40.3 Å². The number of aryl methyl sites for hydroxylation is 2. The maximum atomic E-state index is 13.3. The second kappa shape index (κ2) is 9.13. The molecule has 1 aliphatic rings. The fraction of sp³-hybridized carbons (Fsp3) is 0.409. The lowest BCUT2D eigenvalue weighted by atomic mass is 10.2. The van der Waals surface area contributed by atoms with Gasteiger partial charge < -0.3 is 5.32 Å². The van der Waals surface area contributed by atoms with Gasteiger partial charge in [0.1, 0.15) is 0 Å². The van der Waals surface area contributed by atoms with Crippen molar-refractivity contribution in [2.24, 2.45) is 0 Å². The highest BCUT2D eigenvalue weighted by atomic mass is 79.9. The summed E-state index contributed by atoms with van der Waals surface area (Å²) in [5.41, 5.74) is 2.64. The summed E-state index contributed by atoms with van der Waals surface area (Å²) in [4.78, 5) is 12.6. The number of aromatic nitrogens is 4. The van der Waals surface area contributed by atoms with Gasteiger partial charge in [-0.15, -0.1) is 0 Å². The predicted molar refractivity (Wildman–Crippen MR) is 122 cm³/mol. The van der Waals surface area contributed by atoms with Crippen molar-refractivity contribution in [3.8, 4) is 0 Å². The van der Waals surface area contributed by atoms with E-state index in [0.717, 1.165) is 24.1 Å². The molecular formula is C22H22BrClF3N5O. The molecule has 0 saturated heterocycles. The smallest absolute Gasteiger partial charge is 0.323 e. The Kier molecular flexibility index (Phi) is 6.59. The monoisotopic (exact) mass is 543 g/mol. The molecule has 0 bridgehead atoms. The van der Waals surface area contributed by atoms with Crippen molar-refractivity contribution in [1.29, 1.82) is 0 Å². The molecule has 2 heterocycles. The lowest BCUT2D eigenvalue weighted by Gasteiger charge is -2.09. The van der Waals surface area contributed by atoms with E-state index in [1.165, 1.54) is 4.68 Å². The predicted octanol–water partition coefficient (Wildman–Crippen LogP) is 6.09. The Morgan fingerprint density at radius 2 is 1.85 bits per heavy atom. The number of rotatable bonds is 7. The number of nitrogens with zero attached hydrogens (tertiary/aromatic N) is 4. The van der Waals surface area contributed by atoms with Crippen molar-refractivity contribution in [3.05, 3.63) is 62.1 Å². The van der Waals surface area contributed by atoms with Gasteiger partial charge in [-0.3, -0.25) is 14.2 Å². The molecule has 1 amide bonds. The van der Waals surface area contributed by atoms with Crippen LogP contribution >= 0.6 is 27.5 Å². The highest BCUT2D eigenvalue weighted by molar-refractivity contribution is 9.10. The van der Waals surface area contributed by atoms with E-state index in [0.29, 0.717) is 28.6 Å². The maximum Gasteiger partial charge on any atom is 0.436 e. The molecule has 33 heavy (non-hydrogen) atoms. The second-order valence-corrected chi connectivity index (χ2v) is 9.40. The van der Waals surface area contributed by atoms with E-state index in [-0.39, 0.29) is 29.3 Å². The molecule has 1 N–H and O–H groups in total. The molecule has 6 nitrogen and oxygen atoms in total. The summed E-state index contributed by atoms with van der Waals surface area (Å²) in [6.07, 6.45) is -2.92. The third-order valence-corrected chi connectivity index (χ3v) is 6.64.